The summed E-state index contributed by atoms with van der Waals surface area (Å²) in [6.07, 6.45) is 2.63. The topological polar surface area (TPSA) is 78.5 Å². The van der Waals surface area contributed by atoms with Gasteiger partial charge in [0.05, 0.1) is 0 Å². The SMILES string of the molecule is O=C(Nc1ccc(Oc2ccccc2)cc1)[C@@H]1[C@@H]2CC[C@@H](C2)[C@@H]1C(=O)[O-]. The molecule has 2 aliphatic carbocycles. The normalized spacial score (nSPS) is 26.5. The summed E-state index contributed by atoms with van der Waals surface area (Å²) in [5.74, 6) is -0.809. The van der Waals surface area contributed by atoms with Crippen LogP contribution in [0.1, 0.15) is 19.3 Å². The van der Waals surface area contributed by atoms with Crippen LogP contribution in [0, 0.1) is 23.7 Å². The molecule has 5 heteroatoms. The van der Waals surface area contributed by atoms with Crippen molar-refractivity contribution < 1.29 is 19.4 Å². The number of carboxylic acid groups (broad SMARTS) is 1. The number of amides is 1. The maximum atomic E-state index is 12.7. The second-order valence-corrected chi connectivity index (χ2v) is 7.13. The molecule has 26 heavy (non-hydrogen) atoms. The van der Waals surface area contributed by atoms with Crippen LogP contribution in [-0.2, 0) is 9.59 Å². The summed E-state index contributed by atoms with van der Waals surface area (Å²) < 4.78 is 5.73. The number of anilines is 1. The monoisotopic (exact) mass is 350 g/mol. The Morgan fingerprint density at radius 3 is 2.15 bits per heavy atom. The van der Waals surface area contributed by atoms with Gasteiger partial charge >= 0.3 is 0 Å². The van der Waals surface area contributed by atoms with Crippen LogP contribution in [0.5, 0.6) is 11.5 Å². The number of carbonyl (C=O) groups is 2. The third kappa shape index (κ3) is 3.17. The van der Waals surface area contributed by atoms with Gasteiger partial charge in [-0.15, -0.1) is 0 Å². The number of carboxylic acids is 1. The molecule has 0 heterocycles. The van der Waals surface area contributed by atoms with Gasteiger partial charge in [0, 0.05) is 23.5 Å². The first-order valence-electron chi connectivity index (χ1n) is 8.96. The largest absolute Gasteiger partial charge is 0.550 e. The molecule has 0 unspecified atom stereocenters. The molecule has 2 aromatic carbocycles. The molecule has 5 nitrogen and oxygen atoms in total. The van der Waals surface area contributed by atoms with Gasteiger partial charge in [0.2, 0.25) is 5.91 Å². The average molecular weight is 350 g/mol. The minimum atomic E-state index is -1.09. The quantitative estimate of drug-likeness (QED) is 0.899. The number of fused-ring (bicyclic) bond motifs is 2. The lowest BCUT2D eigenvalue weighted by Gasteiger charge is -2.30. The van der Waals surface area contributed by atoms with Crippen LogP contribution >= 0.6 is 0 Å². The summed E-state index contributed by atoms with van der Waals surface area (Å²) >= 11 is 0. The molecular formula is C21H20NO4-. The molecule has 1 amide bonds. The van der Waals surface area contributed by atoms with Crippen LogP contribution < -0.4 is 15.2 Å². The van der Waals surface area contributed by atoms with Gasteiger partial charge in [-0.25, -0.2) is 0 Å². The first kappa shape index (κ1) is 16.6. The van der Waals surface area contributed by atoms with Crippen molar-refractivity contribution in [2.45, 2.75) is 19.3 Å². The van der Waals surface area contributed by atoms with Crippen molar-refractivity contribution in [3.63, 3.8) is 0 Å². The van der Waals surface area contributed by atoms with Crippen LogP contribution in [0.4, 0.5) is 5.69 Å². The van der Waals surface area contributed by atoms with Crippen LogP contribution in [0.2, 0.25) is 0 Å². The number of para-hydroxylation sites is 1. The van der Waals surface area contributed by atoms with E-state index < -0.39 is 17.8 Å². The van der Waals surface area contributed by atoms with Crippen LogP contribution in [-0.4, -0.2) is 11.9 Å². The Balaban J connectivity index is 1.42. The molecule has 2 fully saturated rings. The average Bonchev–Trinajstić information content (AvgIpc) is 3.25. The van der Waals surface area contributed by atoms with E-state index in [4.69, 9.17) is 4.74 Å². The summed E-state index contributed by atoms with van der Waals surface area (Å²) in [7, 11) is 0. The molecule has 0 spiro atoms. The van der Waals surface area contributed by atoms with Crippen molar-refractivity contribution in [3.8, 4) is 11.5 Å². The van der Waals surface area contributed by atoms with Gasteiger partial charge in [0.15, 0.2) is 0 Å². The summed E-state index contributed by atoms with van der Waals surface area (Å²) in [6.45, 7) is 0. The zero-order chi connectivity index (χ0) is 18.1. The number of nitrogens with one attached hydrogen (secondary N) is 1. The number of rotatable bonds is 5. The van der Waals surface area contributed by atoms with E-state index in [9.17, 15) is 14.7 Å². The lowest BCUT2D eigenvalue weighted by Crippen LogP contribution is -2.43. The highest BCUT2D eigenvalue weighted by Gasteiger charge is 2.51. The van der Waals surface area contributed by atoms with Gasteiger partial charge in [-0.2, -0.15) is 0 Å². The van der Waals surface area contributed by atoms with Gasteiger partial charge < -0.3 is 20.0 Å². The fraction of sp³-hybridized carbons (Fsp3) is 0.333. The van der Waals surface area contributed by atoms with Crippen molar-refractivity contribution in [3.05, 3.63) is 54.6 Å². The lowest BCUT2D eigenvalue weighted by atomic mass is 9.78. The van der Waals surface area contributed by atoms with E-state index in [1.165, 1.54) is 0 Å². The lowest BCUT2D eigenvalue weighted by molar-refractivity contribution is -0.314. The van der Waals surface area contributed by atoms with E-state index in [2.05, 4.69) is 5.32 Å². The van der Waals surface area contributed by atoms with Crippen LogP contribution in [0.15, 0.2) is 54.6 Å². The predicted molar refractivity (Wildman–Crippen MR) is 94.4 cm³/mol. The zero-order valence-corrected chi connectivity index (χ0v) is 14.3. The number of hydrogen-bond donors (Lipinski definition) is 1. The molecule has 2 aromatic rings. The Morgan fingerprint density at radius 2 is 1.50 bits per heavy atom. The minimum absolute atomic E-state index is 0.0856. The van der Waals surface area contributed by atoms with Crippen molar-refractivity contribution in [2.24, 2.45) is 23.7 Å². The van der Waals surface area contributed by atoms with E-state index in [1.54, 1.807) is 24.3 Å². The zero-order valence-electron chi connectivity index (χ0n) is 14.3. The van der Waals surface area contributed by atoms with Gasteiger partial charge in [-0.1, -0.05) is 18.2 Å². The van der Waals surface area contributed by atoms with E-state index in [1.807, 2.05) is 30.3 Å². The van der Waals surface area contributed by atoms with E-state index in [0.717, 1.165) is 25.0 Å². The highest BCUT2D eigenvalue weighted by molar-refractivity contribution is 5.95. The van der Waals surface area contributed by atoms with E-state index in [0.29, 0.717) is 11.4 Å². The Bertz CT molecular complexity index is 803. The first-order valence-corrected chi connectivity index (χ1v) is 8.96. The second kappa shape index (κ2) is 6.83. The van der Waals surface area contributed by atoms with Crippen molar-refractivity contribution >= 4 is 17.6 Å². The highest BCUT2D eigenvalue weighted by atomic mass is 16.5. The maximum absolute atomic E-state index is 12.7. The number of benzene rings is 2. The van der Waals surface area contributed by atoms with Crippen LogP contribution in [0.3, 0.4) is 0 Å². The molecule has 2 saturated carbocycles. The molecule has 2 bridgehead atoms. The fourth-order valence-corrected chi connectivity index (χ4v) is 4.46. The number of hydrogen-bond acceptors (Lipinski definition) is 4. The Morgan fingerprint density at radius 1 is 0.885 bits per heavy atom. The van der Waals surface area contributed by atoms with E-state index >= 15 is 0 Å². The van der Waals surface area contributed by atoms with Gasteiger partial charge in [0.25, 0.3) is 0 Å². The standard InChI is InChI=1S/C21H21NO4/c23-20(18-13-6-7-14(12-13)19(18)21(24)25)22-15-8-10-17(11-9-15)26-16-4-2-1-3-5-16/h1-5,8-11,13-14,18-19H,6-7,12H2,(H,22,23)(H,24,25)/p-1/t13-,14+,18-,19+/m1/s1. The second-order valence-electron chi connectivity index (χ2n) is 7.13. The molecule has 134 valence electrons. The molecule has 0 aliphatic heterocycles. The van der Waals surface area contributed by atoms with Crippen molar-refractivity contribution in [2.75, 3.05) is 5.32 Å². The van der Waals surface area contributed by atoms with Crippen molar-refractivity contribution in [1.82, 2.24) is 0 Å². The minimum Gasteiger partial charge on any atom is -0.550 e. The van der Waals surface area contributed by atoms with E-state index in [-0.39, 0.29) is 17.7 Å². The molecule has 2 aliphatic rings. The van der Waals surface area contributed by atoms with Crippen molar-refractivity contribution in [1.29, 1.82) is 0 Å². The Hall–Kier alpha value is -2.82. The molecule has 4 atom stereocenters. The Kier molecular flexibility index (Phi) is 4.37. The molecular weight excluding hydrogens is 330 g/mol. The molecule has 0 saturated heterocycles. The molecule has 0 radical (unpaired) electrons. The van der Waals surface area contributed by atoms with Gasteiger partial charge in [0.1, 0.15) is 11.5 Å². The van der Waals surface area contributed by atoms with Crippen LogP contribution in [0.25, 0.3) is 0 Å². The molecule has 4 rings (SSSR count). The molecule has 0 aromatic heterocycles. The summed E-state index contributed by atoms with van der Waals surface area (Å²) in [4.78, 5) is 24.1. The fourth-order valence-electron chi connectivity index (χ4n) is 4.46. The number of ether oxygens (including phenoxy) is 1. The number of aliphatic carboxylic acids is 1. The van der Waals surface area contributed by atoms with Gasteiger partial charge in [-0.05, 0) is 67.5 Å². The summed E-state index contributed by atoms with van der Waals surface area (Å²) in [5.41, 5.74) is 0.635. The molecule has 1 N–H and O–H groups in total. The Labute approximate surface area is 152 Å². The third-order valence-electron chi connectivity index (χ3n) is 5.59. The number of carbonyl (C=O) groups excluding carboxylic acids is 2. The first-order chi connectivity index (χ1) is 12.6. The smallest absolute Gasteiger partial charge is 0.228 e. The highest BCUT2D eigenvalue weighted by Crippen LogP contribution is 2.52. The maximum Gasteiger partial charge on any atom is 0.228 e. The van der Waals surface area contributed by atoms with Gasteiger partial charge in [-0.3, -0.25) is 4.79 Å². The predicted octanol–water partition coefficient (Wildman–Crippen LogP) is 2.83. The third-order valence-corrected chi connectivity index (χ3v) is 5.59. The summed E-state index contributed by atoms with van der Waals surface area (Å²) in [6, 6.07) is 16.5. The summed E-state index contributed by atoms with van der Waals surface area (Å²) in [5, 5.41) is 14.3.